The lowest BCUT2D eigenvalue weighted by molar-refractivity contribution is 0.128. The molecule has 0 saturated heterocycles. The van der Waals surface area contributed by atoms with Gasteiger partial charge in [0.05, 0.1) is 6.10 Å². The Balaban J connectivity index is 2.70. The van der Waals surface area contributed by atoms with Gasteiger partial charge in [-0.1, -0.05) is 0 Å². The average molecular weight is 232 g/mol. The Labute approximate surface area is 93.4 Å². The van der Waals surface area contributed by atoms with Gasteiger partial charge in [-0.3, -0.25) is 4.84 Å². The lowest BCUT2D eigenvalue weighted by Gasteiger charge is -2.09. The number of halogens is 1. The first-order chi connectivity index (χ1) is 7.11. The van der Waals surface area contributed by atoms with Crippen molar-refractivity contribution in [3.8, 4) is 0 Å². The molecule has 0 radical (unpaired) electrons. The SMILES string of the molecule is CCNc1nc(Cl)nc(NOC(C)C)n1. The van der Waals surface area contributed by atoms with Crippen molar-refractivity contribution in [2.45, 2.75) is 26.9 Å². The second kappa shape index (κ2) is 5.67. The van der Waals surface area contributed by atoms with Gasteiger partial charge in [-0.2, -0.15) is 15.0 Å². The Kier molecular flexibility index (Phi) is 4.51. The maximum Gasteiger partial charge on any atom is 0.253 e. The molecule has 15 heavy (non-hydrogen) atoms. The number of hydrogen-bond acceptors (Lipinski definition) is 6. The normalized spacial score (nSPS) is 10.5. The van der Waals surface area contributed by atoms with Crippen LogP contribution in [0.1, 0.15) is 20.8 Å². The zero-order chi connectivity index (χ0) is 11.3. The van der Waals surface area contributed by atoms with E-state index in [-0.39, 0.29) is 11.4 Å². The predicted molar refractivity (Wildman–Crippen MR) is 58.8 cm³/mol. The second-order valence-electron chi connectivity index (χ2n) is 3.05. The van der Waals surface area contributed by atoms with Gasteiger partial charge < -0.3 is 5.32 Å². The van der Waals surface area contributed by atoms with Crippen LogP contribution in [-0.4, -0.2) is 27.6 Å². The van der Waals surface area contributed by atoms with Crippen LogP contribution in [0, 0.1) is 0 Å². The van der Waals surface area contributed by atoms with Crippen LogP contribution in [0.25, 0.3) is 0 Å². The molecule has 7 heteroatoms. The van der Waals surface area contributed by atoms with Gasteiger partial charge >= 0.3 is 0 Å². The fourth-order valence-corrected chi connectivity index (χ4v) is 0.964. The van der Waals surface area contributed by atoms with E-state index in [9.17, 15) is 0 Å². The molecule has 1 aromatic heterocycles. The van der Waals surface area contributed by atoms with Gasteiger partial charge in [0, 0.05) is 6.54 Å². The summed E-state index contributed by atoms with van der Waals surface area (Å²) in [5.74, 6) is 0.715. The summed E-state index contributed by atoms with van der Waals surface area (Å²) in [6.07, 6.45) is 0.0307. The van der Waals surface area contributed by atoms with Crippen molar-refractivity contribution in [3.63, 3.8) is 0 Å². The highest BCUT2D eigenvalue weighted by atomic mass is 35.5. The molecule has 1 aromatic rings. The molecule has 1 rings (SSSR count). The quantitative estimate of drug-likeness (QED) is 0.752. The molecule has 84 valence electrons. The van der Waals surface area contributed by atoms with Crippen LogP contribution < -0.4 is 10.8 Å². The van der Waals surface area contributed by atoms with Crippen LogP contribution in [0.4, 0.5) is 11.9 Å². The Hall–Kier alpha value is -1.14. The zero-order valence-corrected chi connectivity index (χ0v) is 9.67. The van der Waals surface area contributed by atoms with E-state index in [2.05, 4.69) is 25.7 Å². The first-order valence-corrected chi connectivity index (χ1v) is 5.06. The topological polar surface area (TPSA) is 72.0 Å². The van der Waals surface area contributed by atoms with Crippen LogP contribution in [0.5, 0.6) is 0 Å². The molecule has 0 aromatic carbocycles. The number of rotatable bonds is 5. The molecule has 0 spiro atoms. The predicted octanol–water partition coefficient (Wildman–Crippen LogP) is 1.71. The molecule has 6 nitrogen and oxygen atoms in total. The molecule has 0 atom stereocenters. The maximum absolute atomic E-state index is 5.70. The molecular formula is C8H14ClN5O. The van der Waals surface area contributed by atoms with Crippen molar-refractivity contribution in [3.05, 3.63) is 5.28 Å². The highest BCUT2D eigenvalue weighted by Crippen LogP contribution is 2.09. The zero-order valence-electron chi connectivity index (χ0n) is 8.91. The van der Waals surface area contributed by atoms with E-state index in [4.69, 9.17) is 16.4 Å². The summed E-state index contributed by atoms with van der Waals surface area (Å²) in [6, 6.07) is 0. The first kappa shape index (κ1) is 11.9. The minimum atomic E-state index is 0.0307. The Bertz CT molecular complexity index is 320. The van der Waals surface area contributed by atoms with Gasteiger partial charge in [-0.05, 0) is 32.4 Å². The number of nitrogens with one attached hydrogen (secondary N) is 2. The molecule has 0 saturated carbocycles. The van der Waals surface area contributed by atoms with E-state index < -0.39 is 0 Å². The van der Waals surface area contributed by atoms with E-state index in [1.54, 1.807) is 0 Å². The first-order valence-electron chi connectivity index (χ1n) is 4.69. The number of aromatic nitrogens is 3. The van der Waals surface area contributed by atoms with E-state index in [1.807, 2.05) is 20.8 Å². The van der Waals surface area contributed by atoms with Gasteiger partial charge in [0.25, 0.3) is 5.95 Å². The van der Waals surface area contributed by atoms with Gasteiger partial charge in [-0.15, -0.1) is 0 Å². The van der Waals surface area contributed by atoms with E-state index in [0.29, 0.717) is 18.4 Å². The van der Waals surface area contributed by atoms with Gasteiger partial charge in [0.2, 0.25) is 11.2 Å². The molecule has 0 unspecified atom stereocenters. The van der Waals surface area contributed by atoms with E-state index in [0.717, 1.165) is 0 Å². The van der Waals surface area contributed by atoms with Gasteiger partial charge in [-0.25, -0.2) is 5.48 Å². The molecule has 0 fully saturated rings. The Morgan fingerprint density at radius 1 is 1.27 bits per heavy atom. The fraction of sp³-hybridized carbons (Fsp3) is 0.625. The Morgan fingerprint density at radius 3 is 2.53 bits per heavy atom. The van der Waals surface area contributed by atoms with Crippen LogP contribution in [0.3, 0.4) is 0 Å². The van der Waals surface area contributed by atoms with Crippen LogP contribution in [0.2, 0.25) is 5.28 Å². The summed E-state index contributed by atoms with van der Waals surface area (Å²) in [5.41, 5.74) is 2.60. The maximum atomic E-state index is 5.70. The molecule has 0 amide bonds. The summed E-state index contributed by atoms with van der Waals surface area (Å²) in [7, 11) is 0. The third-order valence-electron chi connectivity index (χ3n) is 1.33. The van der Waals surface area contributed by atoms with Gasteiger partial charge in [0.15, 0.2) is 0 Å². The lowest BCUT2D eigenvalue weighted by atomic mass is 10.5. The molecular weight excluding hydrogens is 218 g/mol. The molecule has 2 N–H and O–H groups in total. The smallest absolute Gasteiger partial charge is 0.253 e. The summed E-state index contributed by atoms with van der Waals surface area (Å²) in [4.78, 5) is 16.9. The highest BCUT2D eigenvalue weighted by molar-refractivity contribution is 6.28. The second-order valence-corrected chi connectivity index (χ2v) is 3.39. The molecule has 0 aliphatic rings. The molecule has 0 aliphatic carbocycles. The van der Waals surface area contributed by atoms with Crippen molar-refractivity contribution in [1.29, 1.82) is 0 Å². The van der Waals surface area contributed by atoms with Crippen molar-refractivity contribution >= 4 is 23.5 Å². The average Bonchev–Trinajstić information content (AvgIpc) is 2.14. The van der Waals surface area contributed by atoms with Crippen molar-refractivity contribution in [1.82, 2.24) is 15.0 Å². The minimum Gasteiger partial charge on any atom is -0.354 e. The van der Waals surface area contributed by atoms with Crippen LogP contribution in [-0.2, 0) is 4.84 Å². The monoisotopic (exact) mass is 231 g/mol. The standard InChI is InChI=1S/C8H14ClN5O/c1-4-10-7-11-6(9)12-8(13-7)14-15-5(2)3/h5H,4H2,1-3H3,(H2,10,11,12,13,14). The van der Waals surface area contributed by atoms with E-state index in [1.165, 1.54) is 0 Å². The molecule has 1 heterocycles. The minimum absolute atomic E-state index is 0.0307. The van der Waals surface area contributed by atoms with E-state index >= 15 is 0 Å². The van der Waals surface area contributed by atoms with Crippen molar-refractivity contribution in [2.24, 2.45) is 0 Å². The summed E-state index contributed by atoms with van der Waals surface area (Å²) < 4.78 is 0. The highest BCUT2D eigenvalue weighted by Gasteiger charge is 2.04. The fourth-order valence-electron chi connectivity index (χ4n) is 0.803. The largest absolute Gasteiger partial charge is 0.354 e. The number of hydrogen-bond donors (Lipinski definition) is 2. The van der Waals surface area contributed by atoms with Crippen molar-refractivity contribution < 1.29 is 4.84 Å². The molecule has 0 aliphatic heterocycles. The van der Waals surface area contributed by atoms with Gasteiger partial charge in [0.1, 0.15) is 0 Å². The Morgan fingerprint density at radius 2 is 1.93 bits per heavy atom. The summed E-state index contributed by atoms with van der Waals surface area (Å²) in [5, 5.41) is 3.06. The van der Waals surface area contributed by atoms with Crippen LogP contribution in [0.15, 0.2) is 0 Å². The summed E-state index contributed by atoms with van der Waals surface area (Å²) in [6.45, 7) is 6.43. The third kappa shape index (κ3) is 4.26. The lowest BCUT2D eigenvalue weighted by Crippen LogP contribution is -2.13. The van der Waals surface area contributed by atoms with Crippen molar-refractivity contribution in [2.75, 3.05) is 17.3 Å². The summed E-state index contributed by atoms with van der Waals surface area (Å²) >= 11 is 5.70. The molecule has 0 bridgehead atoms. The number of anilines is 2. The van der Waals surface area contributed by atoms with Crippen LogP contribution >= 0.6 is 11.6 Å². The number of nitrogens with zero attached hydrogens (tertiary/aromatic N) is 3. The third-order valence-corrected chi connectivity index (χ3v) is 1.50.